The molecule has 4 N–H and O–H groups in total. The van der Waals surface area contributed by atoms with Crippen molar-refractivity contribution in [3.63, 3.8) is 0 Å². The second-order valence-electron chi connectivity index (χ2n) is 6.07. The predicted octanol–water partition coefficient (Wildman–Crippen LogP) is 2.86. The number of aromatic hydroxyl groups is 1. The molecule has 0 heterocycles. The fraction of sp³-hybridized carbons (Fsp3) is 0.235. The molecular weight excluding hydrogens is 472 g/mol. The lowest BCUT2D eigenvalue weighted by molar-refractivity contribution is 0.256. The Morgan fingerprint density at radius 2 is 1.86 bits per heavy atom. The fourth-order valence-electron chi connectivity index (χ4n) is 2.45. The number of hydrogen-bond donors (Lipinski definition) is 3. The van der Waals surface area contributed by atoms with Crippen molar-refractivity contribution in [2.45, 2.75) is 4.90 Å². The summed E-state index contributed by atoms with van der Waals surface area (Å²) in [5.74, 6) is -0.681. The average molecular weight is 492 g/mol. The molecule has 0 radical (unpaired) electrons. The monoisotopic (exact) mass is 490 g/mol. The van der Waals surface area contributed by atoms with Crippen LogP contribution in [0.15, 0.2) is 45.8 Å². The van der Waals surface area contributed by atoms with Crippen LogP contribution in [0.1, 0.15) is 0 Å². The number of nitrogens with two attached hydrogens (primary N) is 1. The number of halogens is 2. The summed E-state index contributed by atoms with van der Waals surface area (Å²) in [5, 5.41) is 10.5. The third-order valence-corrected chi connectivity index (χ3v) is 6.37. The van der Waals surface area contributed by atoms with Crippen LogP contribution < -0.4 is 15.4 Å². The Balaban J connectivity index is 2.57. The van der Waals surface area contributed by atoms with E-state index in [1.807, 2.05) is 0 Å². The minimum absolute atomic E-state index is 0.110. The number of carbonyl (C=O) groups excluding carboxylic acids is 1. The second-order valence-corrected chi connectivity index (χ2v) is 9.04. The first-order valence-corrected chi connectivity index (χ1v) is 10.7. The van der Waals surface area contributed by atoms with Crippen LogP contribution in [0.5, 0.6) is 5.75 Å². The molecule has 2 aromatic carbocycles. The van der Waals surface area contributed by atoms with Gasteiger partial charge in [-0.05, 0) is 54.3 Å². The summed E-state index contributed by atoms with van der Waals surface area (Å²) in [5.41, 5.74) is 5.72. The zero-order chi connectivity index (χ0) is 21.1. The third kappa shape index (κ3) is 4.95. The van der Waals surface area contributed by atoms with Gasteiger partial charge in [0.1, 0.15) is 4.90 Å². The molecule has 0 aliphatic heterocycles. The van der Waals surface area contributed by atoms with E-state index in [1.54, 1.807) is 43.3 Å². The van der Waals surface area contributed by atoms with Gasteiger partial charge < -0.3 is 15.7 Å². The van der Waals surface area contributed by atoms with Gasteiger partial charge in [-0.25, -0.2) is 17.9 Å². The van der Waals surface area contributed by atoms with Crippen LogP contribution in [0.4, 0.5) is 16.2 Å². The van der Waals surface area contributed by atoms with Crippen molar-refractivity contribution in [1.82, 2.24) is 9.62 Å². The molecule has 0 atom stereocenters. The maximum absolute atomic E-state index is 12.7. The highest BCUT2D eigenvalue weighted by Crippen LogP contribution is 2.42. The number of primary amides is 1. The number of benzene rings is 2. The highest BCUT2D eigenvalue weighted by molar-refractivity contribution is 9.10. The summed E-state index contributed by atoms with van der Waals surface area (Å²) in [6.07, 6.45) is 0. The predicted molar refractivity (Wildman–Crippen MR) is 113 cm³/mol. The van der Waals surface area contributed by atoms with Crippen molar-refractivity contribution >= 4 is 55.0 Å². The van der Waals surface area contributed by atoms with Crippen LogP contribution in [0, 0.1) is 0 Å². The van der Waals surface area contributed by atoms with E-state index < -0.39 is 26.7 Å². The Kier molecular flexibility index (Phi) is 7.29. The number of para-hydroxylation sites is 1. The summed E-state index contributed by atoms with van der Waals surface area (Å²) in [7, 11) is -0.553. The zero-order valence-corrected chi connectivity index (χ0v) is 18.3. The normalized spacial score (nSPS) is 11.6. The molecule has 2 rings (SSSR count). The van der Waals surface area contributed by atoms with Crippen LogP contribution in [0.25, 0.3) is 0 Å². The van der Waals surface area contributed by atoms with Gasteiger partial charge in [0.25, 0.3) is 0 Å². The van der Waals surface area contributed by atoms with E-state index in [4.69, 9.17) is 17.3 Å². The molecule has 0 aliphatic carbocycles. The molecule has 11 heteroatoms. The topological polar surface area (TPSA) is 116 Å². The molecule has 8 nitrogen and oxygen atoms in total. The molecule has 0 unspecified atom stereocenters. The first-order chi connectivity index (χ1) is 13.1. The van der Waals surface area contributed by atoms with Gasteiger partial charge >= 0.3 is 6.03 Å². The van der Waals surface area contributed by atoms with Crippen LogP contribution in [-0.4, -0.2) is 51.6 Å². The number of nitrogens with one attached hydrogen (secondary N) is 1. The standard InChI is InChI=1S/C17H20BrClN4O4S/c1-22(2)10-9-21-28(26,27)16-12(19)7-8-14(15(16)24)23(17(20)25)13-6-4-3-5-11(13)18/h3-8,21,24H,9-10H2,1-2H3,(H2,20,25). The number of phenols is 1. The third-order valence-electron chi connectivity index (χ3n) is 3.74. The number of hydrogen-bond acceptors (Lipinski definition) is 5. The number of phenolic OH excluding ortho intramolecular Hbond substituents is 1. The van der Waals surface area contributed by atoms with Crippen molar-refractivity contribution in [1.29, 1.82) is 0 Å². The maximum atomic E-state index is 12.7. The van der Waals surface area contributed by atoms with Crippen molar-refractivity contribution < 1.29 is 18.3 Å². The number of urea groups is 1. The number of anilines is 2. The Bertz CT molecular complexity index is 985. The molecule has 0 spiro atoms. The number of amides is 2. The van der Waals surface area contributed by atoms with Gasteiger partial charge in [0, 0.05) is 17.6 Å². The van der Waals surface area contributed by atoms with Crippen LogP contribution in [0.2, 0.25) is 5.02 Å². The molecule has 0 fully saturated rings. The van der Waals surface area contributed by atoms with Crippen LogP contribution >= 0.6 is 27.5 Å². The first kappa shape index (κ1) is 22.4. The summed E-state index contributed by atoms with van der Waals surface area (Å²) in [6, 6.07) is 8.37. The Morgan fingerprint density at radius 3 is 2.43 bits per heavy atom. The van der Waals surface area contributed by atoms with E-state index in [-0.39, 0.29) is 17.3 Å². The molecule has 0 aromatic heterocycles. The maximum Gasteiger partial charge on any atom is 0.324 e. The van der Waals surface area contributed by atoms with Crippen LogP contribution in [-0.2, 0) is 10.0 Å². The minimum atomic E-state index is -4.14. The molecular formula is C17H20BrClN4O4S. The lowest BCUT2D eigenvalue weighted by Crippen LogP contribution is -2.33. The summed E-state index contributed by atoms with van der Waals surface area (Å²) in [4.78, 5) is 14.4. The van der Waals surface area contributed by atoms with Gasteiger partial charge in [-0.1, -0.05) is 23.7 Å². The first-order valence-electron chi connectivity index (χ1n) is 8.06. The van der Waals surface area contributed by atoms with Gasteiger partial charge in [-0.2, -0.15) is 0 Å². The van der Waals surface area contributed by atoms with E-state index in [1.165, 1.54) is 12.1 Å². The van der Waals surface area contributed by atoms with Gasteiger partial charge in [0.2, 0.25) is 10.0 Å². The van der Waals surface area contributed by atoms with E-state index in [0.29, 0.717) is 16.7 Å². The lowest BCUT2D eigenvalue weighted by atomic mass is 10.2. The van der Waals surface area contributed by atoms with E-state index >= 15 is 0 Å². The zero-order valence-electron chi connectivity index (χ0n) is 15.2. The molecule has 0 bridgehead atoms. The Labute approximate surface area is 177 Å². The molecule has 0 saturated carbocycles. The van der Waals surface area contributed by atoms with Gasteiger partial charge in [0.15, 0.2) is 5.75 Å². The van der Waals surface area contributed by atoms with Crippen molar-refractivity contribution in [2.24, 2.45) is 5.73 Å². The second kappa shape index (κ2) is 9.10. The van der Waals surface area contributed by atoms with Crippen molar-refractivity contribution in [2.75, 3.05) is 32.1 Å². The molecule has 152 valence electrons. The SMILES string of the molecule is CN(C)CCNS(=O)(=O)c1c(Cl)ccc(N(C(N)=O)c2ccccc2Br)c1O. The van der Waals surface area contributed by atoms with E-state index in [2.05, 4.69) is 20.7 Å². The number of nitrogens with zero attached hydrogens (tertiary/aromatic N) is 2. The molecule has 0 aliphatic rings. The lowest BCUT2D eigenvalue weighted by Gasteiger charge is -2.24. The fourth-order valence-corrected chi connectivity index (χ4v) is 4.56. The van der Waals surface area contributed by atoms with Crippen molar-refractivity contribution in [3.8, 4) is 5.75 Å². The summed E-state index contributed by atoms with van der Waals surface area (Å²) >= 11 is 9.37. The van der Waals surface area contributed by atoms with Gasteiger partial charge in [-0.3, -0.25) is 4.90 Å². The highest BCUT2D eigenvalue weighted by atomic mass is 79.9. The largest absolute Gasteiger partial charge is 0.504 e. The van der Waals surface area contributed by atoms with E-state index in [9.17, 15) is 18.3 Å². The van der Waals surface area contributed by atoms with Gasteiger partial charge in [0.05, 0.1) is 16.4 Å². The smallest absolute Gasteiger partial charge is 0.324 e. The number of likely N-dealkylation sites (N-methyl/N-ethyl adjacent to an activating group) is 1. The number of sulfonamides is 1. The molecule has 0 saturated heterocycles. The molecule has 28 heavy (non-hydrogen) atoms. The van der Waals surface area contributed by atoms with E-state index in [0.717, 1.165) is 4.90 Å². The summed E-state index contributed by atoms with van der Waals surface area (Å²) < 4.78 is 28.3. The minimum Gasteiger partial charge on any atom is -0.504 e. The quantitative estimate of drug-likeness (QED) is 0.551. The molecule has 2 amide bonds. The van der Waals surface area contributed by atoms with Crippen LogP contribution in [0.3, 0.4) is 0 Å². The number of carbonyl (C=O) groups is 1. The Morgan fingerprint density at radius 1 is 1.21 bits per heavy atom. The highest BCUT2D eigenvalue weighted by Gasteiger charge is 2.29. The summed E-state index contributed by atoms with van der Waals surface area (Å²) in [6.45, 7) is 0.556. The van der Waals surface area contributed by atoms with Gasteiger partial charge in [-0.15, -0.1) is 0 Å². The number of rotatable bonds is 7. The average Bonchev–Trinajstić information content (AvgIpc) is 2.57. The Hall–Kier alpha value is -1.85. The molecule has 2 aromatic rings. The van der Waals surface area contributed by atoms with Crippen molar-refractivity contribution in [3.05, 3.63) is 45.9 Å².